The molecule has 4 nitrogen and oxygen atoms in total. The van der Waals surface area contributed by atoms with Gasteiger partial charge in [-0.3, -0.25) is 0 Å². The topological polar surface area (TPSA) is 44.8 Å². The van der Waals surface area contributed by atoms with Crippen LogP contribution in [0, 0.1) is 5.92 Å². The minimum Gasteiger partial charge on any atom is -0.458 e. The number of benzene rings is 2. The molecule has 2 aromatic rings. The monoisotopic (exact) mass is 396 g/mol. The molecule has 0 atom stereocenters. The molecule has 0 aliphatic heterocycles. The van der Waals surface area contributed by atoms with Crippen molar-refractivity contribution in [1.82, 2.24) is 0 Å². The fraction of sp³-hybridized carbons (Fsp3) is 0.480. The predicted molar refractivity (Wildman–Crippen MR) is 114 cm³/mol. The average molecular weight is 397 g/mol. The molecule has 0 heterocycles. The first-order valence-electron chi connectivity index (χ1n) is 10.5. The average Bonchev–Trinajstić information content (AvgIpc) is 2.62. The van der Waals surface area contributed by atoms with Crippen molar-refractivity contribution in [2.75, 3.05) is 13.2 Å². The molecule has 156 valence electrons. The van der Waals surface area contributed by atoms with Crippen LogP contribution >= 0.6 is 0 Å². The van der Waals surface area contributed by atoms with E-state index in [9.17, 15) is 4.79 Å². The van der Waals surface area contributed by atoms with Gasteiger partial charge in [-0.2, -0.15) is 0 Å². The van der Waals surface area contributed by atoms with Crippen LogP contribution in [0.25, 0.3) is 0 Å². The van der Waals surface area contributed by atoms with Gasteiger partial charge in [-0.1, -0.05) is 30.3 Å². The molecular weight excluding hydrogens is 364 g/mol. The number of para-hydroxylation sites is 1. The number of carbonyl (C=O) groups excluding carboxylic acids is 1. The molecule has 0 aromatic heterocycles. The summed E-state index contributed by atoms with van der Waals surface area (Å²) in [6.07, 6.45) is 4.55. The van der Waals surface area contributed by atoms with Crippen molar-refractivity contribution in [1.29, 1.82) is 0 Å². The fourth-order valence-electron chi connectivity index (χ4n) is 3.70. The highest BCUT2D eigenvalue weighted by atomic mass is 16.6. The maximum Gasteiger partial charge on any atom is 0.332 e. The van der Waals surface area contributed by atoms with Gasteiger partial charge in [0.2, 0.25) is 0 Å². The molecule has 3 rings (SSSR count). The Morgan fingerprint density at radius 1 is 1.00 bits per heavy atom. The van der Waals surface area contributed by atoms with Gasteiger partial charge in [0.15, 0.2) is 0 Å². The van der Waals surface area contributed by atoms with Gasteiger partial charge >= 0.3 is 5.97 Å². The first kappa shape index (κ1) is 21.4. The van der Waals surface area contributed by atoms with Crippen molar-refractivity contribution in [3.63, 3.8) is 0 Å². The van der Waals surface area contributed by atoms with E-state index < -0.39 is 5.60 Å². The Hall–Kier alpha value is -2.33. The van der Waals surface area contributed by atoms with Crippen molar-refractivity contribution >= 4 is 5.97 Å². The van der Waals surface area contributed by atoms with Gasteiger partial charge < -0.3 is 14.2 Å². The summed E-state index contributed by atoms with van der Waals surface area (Å²) < 4.78 is 16.6. The van der Waals surface area contributed by atoms with E-state index in [4.69, 9.17) is 14.2 Å². The molecule has 0 radical (unpaired) electrons. The van der Waals surface area contributed by atoms with Gasteiger partial charge in [0.25, 0.3) is 0 Å². The Morgan fingerprint density at radius 3 is 2.45 bits per heavy atom. The van der Waals surface area contributed by atoms with E-state index in [1.54, 1.807) is 0 Å². The summed E-state index contributed by atoms with van der Waals surface area (Å²) in [7, 11) is 0. The zero-order chi connectivity index (χ0) is 20.7. The third kappa shape index (κ3) is 7.21. The summed E-state index contributed by atoms with van der Waals surface area (Å²) in [6, 6.07) is 18.3. The lowest BCUT2D eigenvalue weighted by Gasteiger charge is -2.36. The number of rotatable bonds is 9. The Morgan fingerprint density at radius 2 is 1.72 bits per heavy atom. The second kappa shape index (κ2) is 9.93. The zero-order valence-corrected chi connectivity index (χ0v) is 17.7. The van der Waals surface area contributed by atoms with Crippen LogP contribution in [0.3, 0.4) is 0 Å². The van der Waals surface area contributed by atoms with Crippen LogP contribution in [0.5, 0.6) is 11.5 Å². The minimum atomic E-state index is -0.454. The highest BCUT2D eigenvalue weighted by Gasteiger charge is 2.30. The molecule has 2 aromatic carbocycles. The lowest BCUT2D eigenvalue weighted by Crippen LogP contribution is -2.26. The number of ether oxygens (including phenoxy) is 3. The Labute approximate surface area is 174 Å². The van der Waals surface area contributed by atoms with Crippen molar-refractivity contribution in [2.45, 2.75) is 58.0 Å². The third-order valence-corrected chi connectivity index (χ3v) is 5.09. The molecule has 0 N–H and O–H groups in total. The molecule has 1 fully saturated rings. The molecule has 0 saturated heterocycles. The van der Waals surface area contributed by atoms with Crippen LogP contribution in [0.15, 0.2) is 54.6 Å². The lowest BCUT2D eigenvalue weighted by atomic mass is 9.70. The smallest absolute Gasteiger partial charge is 0.332 e. The maximum absolute atomic E-state index is 11.6. The number of esters is 1. The second-order valence-electron chi connectivity index (χ2n) is 8.80. The Balaban J connectivity index is 1.33. The van der Waals surface area contributed by atoms with E-state index in [1.165, 1.54) is 18.4 Å². The number of hydrogen-bond donors (Lipinski definition) is 0. The van der Waals surface area contributed by atoms with Crippen LogP contribution < -0.4 is 4.74 Å². The van der Waals surface area contributed by atoms with Crippen molar-refractivity contribution in [3.05, 3.63) is 60.2 Å². The van der Waals surface area contributed by atoms with E-state index in [1.807, 2.05) is 57.2 Å². The summed E-state index contributed by atoms with van der Waals surface area (Å²) in [5.74, 6) is 2.82. The molecule has 1 aliphatic carbocycles. The third-order valence-electron chi connectivity index (χ3n) is 5.09. The Kier molecular flexibility index (Phi) is 7.32. The molecule has 0 bridgehead atoms. The standard InChI is InChI=1S/C25H32O4/c1-25(2,3)29-24(26)18-27-14-8-9-19-15-21(16-19)20-10-7-13-23(17-20)28-22-11-5-4-6-12-22/h4-7,10-13,17,19,21H,8-9,14-16,18H2,1-3H3/t19-,21-. The van der Waals surface area contributed by atoms with Gasteiger partial charge in [0.05, 0.1) is 0 Å². The summed E-state index contributed by atoms with van der Waals surface area (Å²) in [5.41, 5.74) is 0.904. The minimum absolute atomic E-state index is 0.0404. The van der Waals surface area contributed by atoms with Crippen LogP contribution in [0.1, 0.15) is 57.9 Å². The zero-order valence-electron chi connectivity index (χ0n) is 17.7. The van der Waals surface area contributed by atoms with E-state index >= 15 is 0 Å². The summed E-state index contributed by atoms with van der Waals surface area (Å²) in [5, 5.41) is 0. The summed E-state index contributed by atoms with van der Waals surface area (Å²) in [4.78, 5) is 11.6. The molecule has 29 heavy (non-hydrogen) atoms. The number of hydrogen-bond acceptors (Lipinski definition) is 4. The van der Waals surface area contributed by atoms with E-state index in [-0.39, 0.29) is 12.6 Å². The molecular formula is C25H32O4. The van der Waals surface area contributed by atoms with E-state index in [0.717, 1.165) is 30.3 Å². The largest absolute Gasteiger partial charge is 0.458 e. The van der Waals surface area contributed by atoms with Crippen LogP contribution in [0.2, 0.25) is 0 Å². The van der Waals surface area contributed by atoms with Crippen molar-refractivity contribution < 1.29 is 19.0 Å². The van der Waals surface area contributed by atoms with Crippen molar-refractivity contribution in [3.8, 4) is 11.5 Å². The molecule has 1 aliphatic rings. The SMILES string of the molecule is CC(C)(C)OC(=O)COCCC[C@H]1C[C@H](c2cccc(Oc3ccccc3)c2)C1. The fourth-order valence-corrected chi connectivity index (χ4v) is 3.70. The highest BCUT2D eigenvalue weighted by Crippen LogP contribution is 2.44. The molecule has 0 spiro atoms. The normalized spacial score (nSPS) is 18.7. The van der Waals surface area contributed by atoms with E-state index in [2.05, 4.69) is 18.2 Å². The van der Waals surface area contributed by atoms with E-state index in [0.29, 0.717) is 12.5 Å². The first-order chi connectivity index (χ1) is 13.9. The molecule has 1 saturated carbocycles. The van der Waals surface area contributed by atoms with Gasteiger partial charge in [0.1, 0.15) is 23.7 Å². The molecule has 0 unspecified atom stereocenters. The Bertz CT molecular complexity index is 773. The van der Waals surface area contributed by atoms with Crippen LogP contribution in [-0.4, -0.2) is 24.8 Å². The maximum atomic E-state index is 11.6. The highest BCUT2D eigenvalue weighted by molar-refractivity contribution is 5.71. The van der Waals surface area contributed by atoms with Gasteiger partial charge in [-0.25, -0.2) is 4.79 Å². The van der Waals surface area contributed by atoms with Gasteiger partial charge in [-0.15, -0.1) is 0 Å². The predicted octanol–water partition coefficient (Wildman–Crippen LogP) is 6.11. The second-order valence-corrected chi connectivity index (χ2v) is 8.80. The van der Waals surface area contributed by atoms with Gasteiger partial charge in [0, 0.05) is 6.61 Å². The summed E-state index contributed by atoms with van der Waals surface area (Å²) in [6.45, 7) is 6.24. The lowest BCUT2D eigenvalue weighted by molar-refractivity contribution is -0.160. The first-order valence-corrected chi connectivity index (χ1v) is 10.5. The molecule has 0 amide bonds. The quantitative estimate of drug-likeness (QED) is 0.379. The van der Waals surface area contributed by atoms with Crippen LogP contribution in [-0.2, 0) is 14.3 Å². The van der Waals surface area contributed by atoms with Gasteiger partial charge in [-0.05, 0) is 88.1 Å². The number of carbonyl (C=O) groups is 1. The van der Waals surface area contributed by atoms with Crippen LogP contribution in [0.4, 0.5) is 0 Å². The molecule has 4 heteroatoms. The van der Waals surface area contributed by atoms with Crippen molar-refractivity contribution in [2.24, 2.45) is 5.92 Å². The summed E-state index contributed by atoms with van der Waals surface area (Å²) >= 11 is 0.